The zero-order chi connectivity index (χ0) is 13.7. The van der Waals surface area contributed by atoms with Crippen LogP contribution in [0.15, 0.2) is 27.6 Å². The van der Waals surface area contributed by atoms with E-state index in [2.05, 4.69) is 53.3 Å². The third-order valence-corrected chi connectivity index (χ3v) is 5.54. The average molecular weight is 344 g/mol. The molecule has 2 unspecified atom stereocenters. The summed E-state index contributed by atoms with van der Waals surface area (Å²) in [7, 11) is 0. The van der Waals surface area contributed by atoms with E-state index in [9.17, 15) is 0 Å². The van der Waals surface area contributed by atoms with Crippen molar-refractivity contribution >= 4 is 27.7 Å². The number of rotatable bonds is 6. The van der Waals surface area contributed by atoms with Crippen molar-refractivity contribution in [1.82, 2.24) is 5.32 Å². The molecule has 1 aromatic rings. The van der Waals surface area contributed by atoms with Crippen LogP contribution >= 0.6 is 27.7 Å². The van der Waals surface area contributed by atoms with E-state index in [1.54, 1.807) is 0 Å². The summed E-state index contributed by atoms with van der Waals surface area (Å²) >= 11 is 5.57. The van der Waals surface area contributed by atoms with E-state index < -0.39 is 0 Å². The van der Waals surface area contributed by atoms with Crippen LogP contribution in [0.3, 0.4) is 0 Å². The lowest BCUT2D eigenvalue weighted by Gasteiger charge is -2.15. The molecule has 0 spiro atoms. The van der Waals surface area contributed by atoms with E-state index in [1.807, 2.05) is 11.8 Å². The Morgan fingerprint density at radius 2 is 2.37 bits per heavy atom. The van der Waals surface area contributed by atoms with E-state index in [0.29, 0.717) is 12.1 Å². The van der Waals surface area contributed by atoms with Gasteiger partial charge in [0.15, 0.2) is 0 Å². The second-order valence-corrected chi connectivity index (χ2v) is 6.83. The largest absolute Gasteiger partial charge is 0.377 e. The van der Waals surface area contributed by atoms with Gasteiger partial charge in [-0.05, 0) is 59.9 Å². The van der Waals surface area contributed by atoms with Crippen molar-refractivity contribution in [2.45, 2.75) is 43.7 Å². The van der Waals surface area contributed by atoms with Gasteiger partial charge >= 0.3 is 0 Å². The maximum absolute atomic E-state index is 5.66. The molecule has 0 aromatic heterocycles. The summed E-state index contributed by atoms with van der Waals surface area (Å²) in [5.74, 6) is 1.06. The van der Waals surface area contributed by atoms with Crippen LogP contribution in [0.5, 0.6) is 0 Å². The first-order chi connectivity index (χ1) is 9.20. The summed E-state index contributed by atoms with van der Waals surface area (Å²) in [6, 6.07) is 7.06. The molecular weight excluding hydrogens is 322 g/mol. The molecule has 0 amide bonds. The standard InChI is InChI=1S/C15H22BrNOS/c1-3-17-11(2)12-6-7-15(14(16)9-12)19-10-13-5-4-8-18-13/h6-7,9,11,13,17H,3-5,8,10H2,1-2H3. The zero-order valence-corrected chi connectivity index (χ0v) is 14.0. The van der Waals surface area contributed by atoms with Gasteiger partial charge in [-0.15, -0.1) is 11.8 Å². The summed E-state index contributed by atoms with van der Waals surface area (Å²) in [4.78, 5) is 1.31. The van der Waals surface area contributed by atoms with Crippen molar-refractivity contribution in [1.29, 1.82) is 0 Å². The molecule has 0 radical (unpaired) electrons. The summed E-state index contributed by atoms with van der Waals surface area (Å²) < 4.78 is 6.85. The van der Waals surface area contributed by atoms with Crippen LogP contribution in [0, 0.1) is 0 Å². The molecular formula is C15H22BrNOS. The highest BCUT2D eigenvalue weighted by Crippen LogP contribution is 2.32. The number of benzene rings is 1. The molecule has 2 nitrogen and oxygen atoms in total. The first-order valence-corrected chi connectivity index (χ1v) is 8.75. The SMILES string of the molecule is CCNC(C)c1ccc(SCC2CCCO2)c(Br)c1. The van der Waals surface area contributed by atoms with Crippen LogP contribution in [0.25, 0.3) is 0 Å². The Morgan fingerprint density at radius 3 is 3.00 bits per heavy atom. The monoisotopic (exact) mass is 343 g/mol. The van der Waals surface area contributed by atoms with E-state index in [4.69, 9.17) is 4.74 Å². The Kier molecular flexibility index (Phi) is 6.20. The van der Waals surface area contributed by atoms with E-state index in [1.165, 1.54) is 27.8 Å². The fourth-order valence-electron chi connectivity index (χ4n) is 2.29. The maximum Gasteiger partial charge on any atom is 0.0669 e. The number of hydrogen-bond donors (Lipinski definition) is 1. The van der Waals surface area contributed by atoms with Gasteiger partial charge < -0.3 is 10.1 Å². The molecule has 2 atom stereocenters. The predicted octanol–water partition coefficient (Wildman–Crippen LogP) is 4.39. The summed E-state index contributed by atoms with van der Waals surface area (Å²) in [6.07, 6.45) is 2.86. The predicted molar refractivity (Wildman–Crippen MR) is 85.9 cm³/mol. The Morgan fingerprint density at radius 1 is 1.53 bits per heavy atom. The van der Waals surface area contributed by atoms with Gasteiger partial charge in [-0.2, -0.15) is 0 Å². The van der Waals surface area contributed by atoms with E-state index in [0.717, 1.165) is 18.9 Å². The van der Waals surface area contributed by atoms with Gasteiger partial charge in [0.25, 0.3) is 0 Å². The molecule has 0 bridgehead atoms. The minimum Gasteiger partial charge on any atom is -0.377 e. The first-order valence-electron chi connectivity index (χ1n) is 6.98. The van der Waals surface area contributed by atoms with Crippen LogP contribution in [-0.2, 0) is 4.74 Å². The zero-order valence-electron chi connectivity index (χ0n) is 11.6. The van der Waals surface area contributed by atoms with Gasteiger partial charge in [0.05, 0.1) is 6.10 Å². The van der Waals surface area contributed by atoms with Crippen molar-refractivity contribution in [2.75, 3.05) is 18.9 Å². The van der Waals surface area contributed by atoms with Crippen LogP contribution in [0.1, 0.15) is 38.3 Å². The molecule has 1 aliphatic rings. The van der Waals surface area contributed by atoms with Crippen molar-refractivity contribution < 1.29 is 4.74 Å². The number of ether oxygens (including phenoxy) is 1. The van der Waals surface area contributed by atoms with Gasteiger partial charge in [0, 0.05) is 27.8 Å². The minimum atomic E-state index is 0.401. The molecule has 1 N–H and O–H groups in total. The highest BCUT2D eigenvalue weighted by Gasteiger charge is 2.16. The van der Waals surface area contributed by atoms with Gasteiger partial charge in [0.1, 0.15) is 0 Å². The van der Waals surface area contributed by atoms with E-state index >= 15 is 0 Å². The smallest absolute Gasteiger partial charge is 0.0669 e. The molecule has 0 aliphatic carbocycles. The van der Waals surface area contributed by atoms with Gasteiger partial charge in [-0.25, -0.2) is 0 Å². The lowest BCUT2D eigenvalue weighted by molar-refractivity contribution is 0.129. The van der Waals surface area contributed by atoms with Gasteiger partial charge in [-0.3, -0.25) is 0 Å². The molecule has 106 valence electrons. The molecule has 1 aliphatic heterocycles. The summed E-state index contributed by atoms with van der Waals surface area (Å²) in [5.41, 5.74) is 1.33. The molecule has 4 heteroatoms. The number of halogens is 1. The quantitative estimate of drug-likeness (QED) is 0.774. The van der Waals surface area contributed by atoms with Crippen LogP contribution in [0.2, 0.25) is 0 Å². The lowest BCUT2D eigenvalue weighted by atomic mass is 10.1. The van der Waals surface area contributed by atoms with Crippen LogP contribution in [0.4, 0.5) is 0 Å². The number of hydrogen-bond acceptors (Lipinski definition) is 3. The Bertz CT molecular complexity index is 407. The minimum absolute atomic E-state index is 0.401. The fraction of sp³-hybridized carbons (Fsp3) is 0.600. The Balaban J connectivity index is 1.94. The highest BCUT2D eigenvalue weighted by molar-refractivity contribution is 9.10. The number of nitrogens with one attached hydrogen (secondary N) is 1. The van der Waals surface area contributed by atoms with Crippen molar-refractivity contribution in [3.8, 4) is 0 Å². The molecule has 0 saturated carbocycles. The molecule has 2 rings (SSSR count). The summed E-state index contributed by atoms with van der Waals surface area (Å²) in [5, 5.41) is 3.44. The van der Waals surface area contributed by atoms with Crippen molar-refractivity contribution in [2.24, 2.45) is 0 Å². The maximum atomic E-state index is 5.66. The second-order valence-electron chi connectivity index (χ2n) is 4.92. The third-order valence-electron chi connectivity index (χ3n) is 3.41. The second kappa shape index (κ2) is 7.67. The lowest BCUT2D eigenvalue weighted by Crippen LogP contribution is -2.17. The summed E-state index contributed by atoms with van der Waals surface area (Å²) in [6.45, 7) is 6.27. The Labute approximate surface area is 128 Å². The number of thioether (sulfide) groups is 1. The molecule has 1 aromatic carbocycles. The van der Waals surface area contributed by atoms with Crippen LogP contribution in [-0.4, -0.2) is 25.0 Å². The first kappa shape index (κ1) is 15.4. The molecule has 1 heterocycles. The Hall–Kier alpha value is -0.0300. The topological polar surface area (TPSA) is 21.3 Å². The van der Waals surface area contributed by atoms with Crippen LogP contribution < -0.4 is 5.32 Å². The van der Waals surface area contributed by atoms with Crippen molar-refractivity contribution in [3.63, 3.8) is 0 Å². The molecule has 19 heavy (non-hydrogen) atoms. The van der Waals surface area contributed by atoms with Gasteiger partial charge in [-0.1, -0.05) is 13.0 Å². The van der Waals surface area contributed by atoms with Gasteiger partial charge in [0.2, 0.25) is 0 Å². The fourth-order valence-corrected chi connectivity index (χ4v) is 4.02. The third kappa shape index (κ3) is 4.48. The molecule has 1 fully saturated rings. The normalized spacial score (nSPS) is 20.7. The molecule has 1 saturated heterocycles. The highest BCUT2D eigenvalue weighted by atomic mass is 79.9. The average Bonchev–Trinajstić information content (AvgIpc) is 2.90. The van der Waals surface area contributed by atoms with Crippen molar-refractivity contribution in [3.05, 3.63) is 28.2 Å². The van der Waals surface area contributed by atoms with E-state index in [-0.39, 0.29) is 0 Å².